The number of amides is 1. The van der Waals surface area contributed by atoms with E-state index in [0.717, 1.165) is 27.5 Å². The van der Waals surface area contributed by atoms with Crippen molar-refractivity contribution in [2.24, 2.45) is 7.05 Å². The number of thiazole rings is 1. The van der Waals surface area contributed by atoms with Crippen LogP contribution in [-0.2, 0) is 7.05 Å². The minimum Gasteiger partial charge on any atom is -0.306 e. The predicted molar refractivity (Wildman–Crippen MR) is 121 cm³/mol. The fraction of sp³-hybridized carbons (Fsp3) is 0.0435. The van der Waals surface area contributed by atoms with Gasteiger partial charge in [0, 0.05) is 30.4 Å². The van der Waals surface area contributed by atoms with Gasteiger partial charge in [-0.1, -0.05) is 48.5 Å². The molecular formula is C23H18N6OS. The number of benzene rings is 2. The highest BCUT2D eigenvalue weighted by atomic mass is 32.1. The van der Waals surface area contributed by atoms with Crippen molar-refractivity contribution >= 4 is 23.1 Å². The van der Waals surface area contributed by atoms with E-state index in [2.05, 4.69) is 15.4 Å². The first-order valence-electron chi connectivity index (χ1n) is 9.64. The summed E-state index contributed by atoms with van der Waals surface area (Å²) in [5, 5.41) is 12.6. The molecule has 0 bridgehead atoms. The number of rotatable bonds is 5. The van der Waals surface area contributed by atoms with Gasteiger partial charge in [-0.05, 0) is 12.1 Å². The van der Waals surface area contributed by atoms with Gasteiger partial charge < -0.3 is 5.32 Å². The van der Waals surface area contributed by atoms with Crippen LogP contribution in [0.2, 0.25) is 0 Å². The second-order valence-electron chi connectivity index (χ2n) is 6.91. The van der Waals surface area contributed by atoms with Crippen LogP contribution >= 0.6 is 11.3 Å². The maximum absolute atomic E-state index is 13.0. The fourth-order valence-electron chi connectivity index (χ4n) is 3.21. The molecule has 0 aliphatic carbocycles. The van der Waals surface area contributed by atoms with Crippen LogP contribution in [0.25, 0.3) is 27.5 Å². The number of hydrogen-bond acceptors (Lipinski definition) is 5. The lowest BCUT2D eigenvalue weighted by Crippen LogP contribution is -2.13. The molecule has 152 valence electrons. The molecule has 2 aromatic carbocycles. The Labute approximate surface area is 182 Å². The highest BCUT2D eigenvalue weighted by Crippen LogP contribution is 2.27. The molecule has 7 nitrogen and oxygen atoms in total. The lowest BCUT2D eigenvalue weighted by molar-refractivity contribution is 0.102. The van der Waals surface area contributed by atoms with Gasteiger partial charge in [-0.25, -0.2) is 9.67 Å². The second-order valence-corrected chi connectivity index (χ2v) is 7.95. The van der Waals surface area contributed by atoms with Crippen LogP contribution in [0, 0.1) is 0 Å². The molecule has 0 aliphatic heterocycles. The van der Waals surface area contributed by atoms with Gasteiger partial charge in [-0.2, -0.15) is 10.2 Å². The third-order valence-electron chi connectivity index (χ3n) is 4.70. The van der Waals surface area contributed by atoms with Crippen molar-refractivity contribution in [3.8, 4) is 27.5 Å². The second kappa shape index (κ2) is 8.00. The molecule has 0 radical (unpaired) electrons. The molecule has 5 rings (SSSR count). The van der Waals surface area contributed by atoms with Crippen LogP contribution in [0.3, 0.4) is 0 Å². The fourth-order valence-corrected chi connectivity index (χ4v) is 3.99. The summed E-state index contributed by atoms with van der Waals surface area (Å²) < 4.78 is 3.45. The number of carbonyl (C=O) groups excluding carboxylic acids is 1. The normalized spacial score (nSPS) is 10.9. The molecular weight excluding hydrogens is 408 g/mol. The highest BCUT2D eigenvalue weighted by Gasteiger charge is 2.17. The number of carbonyl (C=O) groups is 1. The molecule has 1 amide bonds. The molecule has 0 unspecified atom stereocenters. The SMILES string of the molecule is Cn1cc(-c2ncc(C(=O)Nc3cc(-c4ccccc4)nn3-c3ccccc3)s2)cn1. The van der Waals surface area contributed by atoms with E-state index in [1.54, 1.807) is 21.8 Å². The van der Waals surface area contributed by atoms with E-state index in [1.807, 2.05) is 80.0 Å². The largest absolute Gasteiger partial charge is 0.306 e. The number of nitrogens with one attached hydrogen (secondary N) is 1. The van der Waals surface area contributed by atoms with Crippen LogP contribution < -0.4 is 5.32 Å². The van der Waals surface area contributed by atoms with E-state index in [1.165, 1.54) is 11.3 Å². The van der Waals surface area contributed by atoms with E-state index in [0.29, 0.717) is 10.7 Å². The van der Waals surface area contributed by atoms with Crippen molar-refractivity contribution in [1.29, 1.82) is 0 Å². The molecule has 3 aromatic heterocycles. The van der Waals surface area contributed by atoms with Crippen molar-refractivity contribution in [2.75, 3.05) is 5.32 Å². The number of para-hydroxylation sites is 1. The third kappa shape index (κ3) is 3.88. The zero-order valence-electron chi connectivity index (χ0n) is 16.6. The average Bonchev–Trinajstić information content (AvgIpc) is 3.54. The summed E-state index contributed by atoms with van der Waals surface area (Å²) in [5.41, 5.74) is 3.50. The minimum absolute atomic E-state index is 0.232. The molecule has 0 atom stereocenters. The van der Waals surface area contributed by atoms with E-state index in [-0.39, 0.29) is 5.91 Å². The molecule has 5 aromatic rings. The first-order valence-corrected chi connectivity index (χ1v) is 10.5. The smallest absolute Gasteiger partial charge is 0.268 e. The molecule has 0 fully saturated rings. The maximum Gasteiger partial charge on any atom is 0.268 e. The Kier molecular flexibility index (Phi) is 4.89. The van der Waals surface area contributed by atoms with E-state index in [4.69, 9.17) is 5.10 Å². The van der Waals surface area contributed by atoms with Gasteiger partial charge in [0.1, 0.15) is 15.7 Å². The molecule has 1 N–H and O–H groups in total. The highest BCUT2D eigenvalue weighted by molar-refractivity contribution is 7.17. The van der Waals surface area contributed by atoms with Gasteiger partial charge in [-0.15, -0.1) is 11.3 Å². The Morgan fingerprint density at radius 2 is 1.71 bits per heavy atom. The van der Waals surface area contributed by atoms with E-state index >= 15 is 0 Å². The molecule has 31 heavy (non-hydrogen) atoms. The van der Waals surface area contributed by atoms with Gasteiger partial charge in [0.05, 0.1) is 23.8 Å². The molecule has 0 spiro atoms. The van der Waals surface area contributed by atoms with E-state index in [9.17, 15) is 4.79 Å². The number of hydrogen-bond donors (Lipinski definition) is 1. The summed E-state index contributed by atoms with van der Waals surface area (Å²) in [5.74, 6) is 0.357. The average molecular weight is 427 g/mol. The predicted octanol–water partition coefficient (Wildman–Crippen LogP) is 4.65. The number of aryl methyl sites for hydroxylation is 1. The standard InChI is InChI=1S/C23H18N6OS/c1-28-15-17(13-25-28)23-24-14-20(31-23)22(30)26-21-12-19(16-8-4-2-5-9-16)27-29(21)18-10-6-3-7-11-18/h2-15H,1H3,(H,26,30). The number of anilines is 1. The number of aromatic nitrogens is 5. The number of nitrogens with zero attached hydrogens (tertiary/aromatic N) is 5. The summed E-state index contributed by atoms with van der Waals surface area (Å²) in [6.45, 7) is 0. The van der Waals surface area contributed by atoms with E-state index < -0.39 is 0 Å². The Balaban J connectivity index is 1.47. The Hall–Kier alpha value is -4.04. The summed E-state index contributed by atoms with van der Waals surface area (Å²) in [4.78, 5) is 17.9. The first-order chi connectivity index (χ1) is 15.2. The monoisotopic (exact) mass is 426 g/mol. The van der Waals surface area contributed by atoms with Crippen LogP contribution in [0.1, 0.15) is 9.67 Å². The quantitative estimate of drug-likeness (QED) is 0.444. The van der Waals surface area contributed by atoms with Gasteiger partial charge in [0.15, 0.2) is 0 Å². The molecule has 0 saturated carbocycles. The lowest BCUT2D eigenvalue weighted by Gasteiger charge is -2.07. The topological polar surface area (TPSA) is 77.6 Å². The van der Waals surface area contributed by atoms with Crippen LogP contribution in [0.4, 0.5) is 5.82 Å². The van der Waals surface area contributed by atoms with Crippen LogP contribution in [0.15, 0.2) is 85.3 Å². The summed E-state index contributed by atoms with van der Waals surface area (Å²) in [6, 6.07) is 21.5. The third-order valence-corrected chi connectivity index (χ3v) is 5.75. The lowest BCUT2D eigenvalue weighted by atomic mass is 10.1. The first kappa shape index (κ1) is 19.0. The summed E-state index contributed by atoms with van der Waals surface area (Å²) in [7, 11) is 1.85. The van der Waals surface area contributed by atoms with Crippen LogP contribution in [0.5, 0.6) is 0 Å². The summed E-state index contributed by atoms with van der Waals surface area (Å²) in [6.07, 6.45) is 5.19. The zero-order chi connectivity index (χ0) is 21.2. The Morgan fingerprint density at radius 3 is 2.42 bits per heavy atom. The van der Waals surface area contributed by atoms with Crippen molar-refractivity contribution in [3.05, 3.63) is 90.2 Å². The van der Waals surface area contributed by atoms with Gasteiger partial charge in [-0.3, -0.25) is 9.48 Å². The van der Waals surface area contributed by atoms with Gasteiger partial charge in [0.25, 0.3) is 5.91 Å². The maximum atomic E-state index is 13.0. The molecule has 8 heteroatoms. The van der Waals surface area contributed by atoms with Crippen molar-refractivity contribution in [2.45, 2.75) is 0 Å². The Morgan fingerprint density at radius 1 is 0.968 bits per heavy atom. The van der Waals surface area contributed by atoms with Crippen molar-refractivity contribution < 1.29 is 4.79 Å². The molecule has 0 aliphatic rings. The van der Waals surface area contributed by atoms with Gasteiger partial charge in [0.2, 0.25) is 0 Å². The van der Waals surface area contributed by atoms with Crippen LogP contribution in [-0.4, -0.2) is 30.5 Å². The van der Waals surface area contributed by atoms with Crippen molar-refractivity contribution in [3.63, 3.8) is 0 Å². The Bertz CT molecular complexity index is 1340. The molecule has 0 saturated heterocycles. The van der Waals surface area contributed by atoms with Crippen molar-refractivity contribution in [1.82, 2.24) is 24.5 Å². The minimum atomic E-state index is -0.232. The van der Waals surface area contributed by atoms with Gasteiger partial charge >= 0.3 is 0 Å². The summed E-state index contributed by atoms with van der Waals surface area (Å²) >= 11 is 1.33. The molecule has 3 heterocycles. The zero-order valence-corrected chi connectivity index (χ0v) is 17.5.